The van der Waals surface area contributed by atoms with Gasteiger partial charge in [0.05, 0.1) is 23.9 Å². The van der Waals surface area contributed by atoms with Gasteiger partial charge in [-0.1, -0.05) is 29.3 Å². The number of sulfonamides is 1. The molecule has 3 heterocycles. The van der Waals surface area contributed by atoms with Crippen LogP contribution >= 0.6 is 11.6 Å². The molecule has 162 valence electrons. The minimum absolute atomic E-state index is 0.149. The zero-order valence-corrected chi connectivity index (χ0v) is 18.9. The summed E-state index contributed by atoms with van der Waals surface area (Å²) in [6, 6.07) is 9.07. The SMILES string of the molecule is Cc1cc(C)c(Oc2nc(-c3cncc(Cl)c3)ccc2NS(=O)(=O)C2COC2)c(C)c1. The summed E-state index contributed by atoms with van der Waals surface area (Å²) < 4.78 is 39.1. The predicted octanol–water partition coefficient (Wildman–Crippen LogP) is 4.66. The Kier molecular flexibility index (Phi) is 5.88. The van der Waals surface area contributed by atoms with Crippen LogP contribution in [0.5, 0.6) is 11.6 Å². The molecule has 0 aliphatic carbocycles. The van der Waals surface area contributed by atoms with E-state index in [4.69, 9.17) is 21.1 Å². The number of nitrogens with zero attached hydrogens (tertiary/aromatic N) is 2. The molecule has 0 amide bonds. The van der Waals surface area contributed by atoms with E-state index in [1.807, 2.05) is 32.9 Å². The average molecular weight is 460 g/mol. The predicted molar refractivity (Wildman–Crippen MR) is 120 cm³/mol. The Hall–Kier alpha value is -2.68. The van der Waals surface area contributed by atoms with E-state index in [2.05, 4.69) is 14.7 Å². The van der Waals surface area contributed by atoms with E-state index in [9.17, 15) is 8.42 Å². The van der Waals surface area contributed by atoms with Crippen molar-refractivity contribution in [1.82, 2.24) is 9.97 Å². The zero-order valence-electron chi connectivity index (χ0n) is 17.3. The van der Waals surface area contributed by atoms with Gasteiger partial charge in [-0.25, -0.2) is 13.4 Å². The number of aryl methyl sites for hydroxylation is 3. The maximum absolute atomic E-state index is 12.7. The summed E-state index contributed by atoms with van der Waals surface area (Å²) in [7, 11) is -3.63. The first-order valence-corrected chi connectivity index (χ1v) is 11.6. The van der Waals surface area contributed by atoms with Gasteiger partial charge in [0.2, 0.25) is 15.9 Å². The van der Waals surface area contributed by atoms with Gasteiger partial charge in [0.1, 0.15) is 16.7 Å². The number of nitrogens with one attached hydrogen (secondary N) is 1. The van der Waals surface area contributed by atoms with E-state index >= 15 is 0 Å². The summed E-state index contributed by atoms with van der Waals surface area (Å²) in [4.78, 5) is 8.69. The van der Waals surface area contributed by atoms with Crippen LogP contribution in [0.15, 0.2) is 42.7 Å². The molecule has 0 radical (unpaired) electrons. The molecule has 2 aromatic heterocycles. The second-order valence-corrected chi connectivity index (χ2v) is 9.97. The summed E-state index contributed by atoms with van der Waals surface area (Å²) >= 11 is 6.07. The van der Waals surface area contributed by atoms with E-state index in [1.165, 1.54) is 6.20 Å². The molecule has 0 bridgehead atoms. The molecule has 1 aromatic carbocycles. The third-order valence-electron chi connectivity index (χ3n) is 4.96. The molecule has 1 fully saturated rings. The topological polar surface area (TPSA) is 90.4 Å². The van der Waals surface area contributed by atoms with E-state index in [0.29, 0.717) is 22.0 Å². The molecule has 7 nitrogen and oxygen atoms in total. The summed E-state index contributed by atoms with van der Waals surface area (Å²) in [5, 5.41) is -0.123. The maximum atomic E-state index is 12.7. The number of anilines is 1. The van der Waals surface area contributed by atoms with Crippen LogP contribution in [-0.2, 0) is 14.8 Å². The first-order valence-electron chi connectivity index (χ1n) is 9.70. The number of rotatable bonds is 6. The quantitative estimate of drug-likeness (QED) is 0.576. The number of ether oxygens (including phenoxy) is 2. The van der Waals surface area contributed by atoms with Gasteiger partial charge in [0.15, 0.2) is 0 Å². The molecule has 1 N–H and O–H groups in total. The fraction of sp³-hybridized carbons (Fsp3) is 0.273. The van der Waals surface area contributed by atoms with Crippen molar-refractivity contribution in [3.8, 4) is 22.9 Å². The summed E-state index contributed by atoms with van der Waals surface area (Å²) in [6.45, 7) is 6.23. The third kappa shape index (κ3) is 4.66. The van der Waals surface area contributed by atoms with Crippen LogP contribution in [-0.4, -0.2) is 36.8 Å². The molecule has 0 spiro atoms. The van der Waals surface area contributed by atoms with Crippen molar-refractivity contribution in [1.29, 1.82) is 0 Å². The number of hydrogen-bond donors (Lipinski definition) is 1. The van der Waals surface area contributed by atoms with Crippen LogP contribution in [0.1, 0.15) is 16.7 Å². The number of halogens is 1. The molecular weight excluding hydrogens is 438 g/mol. The van der Waals surface area contributed by atoms with Crippen LogP contribution in [0.4, 0.5) is 5.69 Å². The van der Waals surface area contributed by atoms with Crippen molar-refractivity contribution in [2.45, 2.75) is 26.0 Å². The standard InChI is InChI=1S/C22H22ClN3O4S/c1-13-6-14(2)21(15(3)7-13)30-22-20(26-31(27,28)18-11-29-12-18)5-4-19(25-22)16-8-17(23)10-24-9-16/h4-10,18,26H,11-12H2,1-3H3. The van der Waals surface area contributed by atoms with E-state index in [1.54, 1.807) is 24.4 Å². The second kappa shape index (κ2) is 8.45. The van der Waals surface area contributed by atoms with Crippen molar-refractivity contribution in [3.05, 3.63) is 64.4 Å². The Morgan fingerprint density at radius 2 is 1.81 bits per heavy atom. The van der Waals surface area contributed by atoms with Gasteiger partial charge in [-0.3, -0.25) is 9.71 Å². The second-order valence-electron chi connectivity index (χ2n) is 7.58. The van der Waals surface area contributed by atoms with Crippen LogP contribution in [0.25, 0.3) is 11.3 Å². The van der Waals surface area contributed by atoms with E-state index < -0.39 is 15.3 Å². The number of aromatic nitrogens is 2. The first kappa shape index (κ1) is 21.5. The largest absolute Gasteiger partial charge is 0.436 e. The molecule has 3 aromatic rings. The molecule has 1 aliphatic rings. The number of pyridine rings is 2. The molecule has 1 saturated heterocycles. The Morgan fingerprint density at radius 1 is 1.10 bits per heavy atom. The Bertz CT molecular complexity index is 1220. The summed E-state index contributed by atoms with van der Waals surface area (Å²) in [6.07, 6.45) is 3.17. The van der Waals surface area contributed by atoms with Gasteiger partial charge in [-0.05, 0) is 50.1 Å². The van der Waals surface area contributed by atoms with Crippen molar-refractivity contribution < 1.29 is 17.9 Å². The van der Waals surface area contributed by atoms with Crippen LogP contribution < -0.4 is 9.46 Å². The van der Waals surface area contributed by atoms with Crippen molar-refractivity contribution >= 4 is 27.3 Å². The molecule has 31 heavy (non-hydrogen) atoms. The van der Waals surface area contributed by atoms with Gasteiger partial charge in [0.25, 0.3) is 0 Å². The molecular formula is C22H22ClN3O4S. The lowest BCUT2D eigenvalue weighted by molar-refractivity contribution is 0.0418. The highest BCUT2D eigenvalue weighted by atomic mass is 35.5. The van der Waals surface area contributed by atoms with Gasteiger partial charge in [0, 0.05) is 18.0 Å². The minimum Gasteiger partial charge on any atom is -0.436 e. The molecule has 0 unspecified atom stereocenters. The maximum Gasteiger partial charge on any atom is 0.244 e. The van der Waals surface area contributed by atoms with Crippen molar-refractivity contribution in [3.63, 3.8) is 0 Å². The molecule has 0 atom stereocenters. The normalized spacial score (nSPS) is 14.2. The van der Waals surface area contributed by atoms with E-state index in [-0.39, 0.29) is 24.8 Å². The molecule has 4 rings (SSSR count). The lowest BCUT2D eigenvalue weighted by Crippen LogP contribution is -2.43. The minimum atomic E-state index is -3.63. The van der Waals surface area contributed by atoms with Crippen LogP contribution in [0.2, 0.25) is 5.02 Å². The summed E-state index contributed by atoms with van der Waals surface area (Å²) in [5.74, 6) is 0.781. The zero-order chi connectivity index (χ0) is 22.2. The Labute approximate surface area is 186 Å². The Balaban J connectivity index is 1.77. The Morgan fingerprint density at radius 3 is 2.42 bits per heavy atom. The van der Waals surface area contributed by atoms with Crippen molar-refractivity contribution in [2.24, 2.45) is 0 Å². The lowest BCUT2D eigenvalue weighted by atomic mass is 10.1. The monoisotopic (exact) mass is 459 g/mol. The van der Waals surface area contributed by atoms with Crippen LogP contribution in [0, 0.1) is 20.8 Å². The molecule has 1 aliphatic heterocycles. The van der Waals surface area contributed by atoms with Gasteiger partial charge in [-0.15, -0.1) is 0 Å². The average Bonchev–Trinajstić information content (AvgIpc) is 2.63. The van der Waals surface area contributed by atoms with Gasteiger partial charge < -0.3 is 9.47 Å². The molecule has 0 saturated carbocycles. The lowest BCUT2D eigenvalue weighted by Gasteiger charge is -2.26. The highest BCUT2D eigenvalue weighted by Crippen LogP contribution is 2.35. The highest BCUT2D eigenvalue weighted by molar-refractivity contribution is 7.93. The first-order chi connectivity index (χ1) is 14.7. The van der Waals surface area contributed by atoms with Crippen LogP contribution in [0.3, 0.4) is 0 Å². The van der Waals surface area contributed by atoms with Crippen molar-refractivity contribution in [2.75, 3.05) is 17.9 Å². The van der Waals surface area contributed by atoms with Gasteiger partial charge in [-0.2, -0.15) is 0 Å². The number of hydrogen-bond acceptors (Lipinski definition) is 6. The van der Waals surface area contributed by atoms with Gasteiger partial charge >= 0.3 is 0 Å². The molecule has 9 heteroatoms. The third-order valence-corrected chi connectivity index (χ3v) is 6.82. The number of benzene rings is 1. The smallest absolute Gasteiger partial charge is 0.244 e. The highest BCUT2D eigenvalue weighted by Gasteiger charge is 2.33. The fourth-order valence-corrected chi connectivity index (χ4v) is 4.72. The fourth-order valence-electron chi connectivity index (χ4n) is 3.36. The summed E-state index contributed by atoms with van der Waals surface area (Å²) in [5.41, 5.74) is 4.47. The van der Waals surface area contributed by atoms with E-state index in [0.717, 1.165) is 16.7 Å².